The van der Waals surface area contributed by atoms with Crippen LogP contribution in [0.2, 0.25) is 0 Å². The van der Waals surface area contributed by atoms with Crippen molar-refractivity contribution in [3.8, 4) is 0 Å². The fourth-order valence-corrected chi connectivity index (χ4v) is 5.09. The van der Waals surface area contributed by atoms with E-state index in [2.05, 4.69) is 15.4 Å². The van der Waals surface area contributed by atoms with Crippen molar-refractivity contribution in [2.24, 2.45) is 0 Å². The zero-order valence-corrected chi connectivity index (χ0v) is 23.2. The topological polar surface area (TPSA) is 119 Å². The van der Waals surface area contributed by atoms with Gasteiger partial charge in [-0.2, -0.15) is 0 Å². The average Bonchev–Trinajstić information content (AvgIpc) is 2.98. The Labute approximate surface area is 235 Å². The van der Waals surface area contributed by atoms with Gasteiger partial charge in [-0.3, -0.25) is 14.4 Å². The molecule has 0 unspecified atom stereocenters. The Kier molecular flexibility index (Phi) is 11.6. The first-order chi connectivity index (χ1) is 19.3. The molecule has 0 radical (unpaired) electrons. The average molecular weight is 563 g/mol. The molecule has 0 heterocycles. The number of benzene rings is 3. The number of carbonyl (C=O) groups excluding carboxylic acids is 3. The molecule has 9 heteroatoms. The van der Waals surface area contributed by atoms with Gasteiger partial charge in [0.15, 0.2) is 9.84 Å². The molecule has 40 heavy (non-hydrogen) atoms. The van der Waals surface area contributed by atoms with Crippen molar-refractivity contribution in [2.45, 2.75) is 49.1 Å². The Bertz CT molecular complexity index is 1380. The highest BCUT2D eigenvalue weighted by molar-refractivity contribution is 7.94. The predicted octanol–water partition coefficient (Wildman–Crippen LogP) is 3.77. The summed E-state index contributed by atoms with van der Waals surface area (Å²) in [5, 5.41) is 6.75. The minimum atomic E-state index is -3.73. The number of nitrogens with one attached hydrogen (secondary N) is 2. The quantitative estimate of drug-likeness (QED) is 0.289. The van der Waals surface area contributed by atoms with E-state index in [0.717, 1.165) is 16.5 Å². The maximum atomic E-state index is 13.5. The molecule has 2 N–H and O–H groups in total. The van der Waals surface area contributed by atoms with Gasteiger partial charge in [0.2, 0.25) is 11.8 Å². The highest BCUT2D eigenvalue weighted by Crippen LogP contribution is 2.14. The molecular weight excluding hydrogens is 528 g/mol. The molecular formula is C31H34N2O6S. The minimum Gasteiger partial charge on any atom is -0.469 e. The molecule has 2 atom stereocenters. The van der Waals surface area contributed by atoms with Gasteiger partial charge in [0.25, 0.3) is 0 Å². The first-order valence-electron chi connectivity index (χ1n) is 13.0. The van der Waals surface area contributed by atoms with Gasteiger partial charge in [0.1, 0.15) is 6.04 Å². The van der Waals surface area contributed by atoms with E-state index in [1.54, 1.807) is 18.2 Å². The fourth-order valence-electron chi connectivity index (χ4n) is 4.00. The third-order valence-electron chi connectivity index (χ3n) is 6.19. The minimum absolute atomic E-state index is 0.109. The lowest BCUT2D eigenvalue weighted by Gasteiger charge is -2.22. The lowest BCUT2D eigenvalue weighted by molar-refractivity contribution is -0.142. The van der Waals surface area contributed by atoms with E-state index in [1.165, 1.54) is 25.3 Å². The molecule has 3 rings (SSSR count). The predicted molar refractivity (Wildman–Crippen MR) is 153 cm³/mol. The molecule has 0 fully saturated rings. The number of amides is 2. The summed E-state index contributed by atoms with van der Waals surface area (Å²) in [6.07, 6.45) is 2.48. The summed E-state index contributed by atoms with van der Waals surface area (Å²) in [5.41, 5.74) is 1.87. The first-order valence-corrected chi connectivity index (χ1v) is 14.5. The van der Waals surface area contributed by atoms with Gasteiger partial charge >= 0.3 is 5.97 Å². The molecule has 0 aliphatic rings. The summed E-state index contributed by atoms with van der Waals surface area (Å²) in [5.74, 6) is -1.45. The molecule has 3 aromatic carbocycles. The summed E-state index contributed by atoms with van der Waals surface area (Å²) in [6.45, 7) is 0. The number of rotatable bonds is 14. The van der Waals surface area contributed by atoms with E-state index in [1.807, 2.05) is 60.7 Å². The third kappa shape index (κ3) is 10.1. The molecule has 0 aliphatic carbocycles. The SMILES string of the molecule is COC(=O)CCC(=O)N[C@@H](Cc1ccccc1)C(=O)N[C@H](C=CS(=O)(=O)c1ccccc1)CCc1ccccc1. The summed E-state index contributed by atoms with van der Waals surface area (Å²) < 4.78 is 30.3. The zero-order chi connectivity index (χ0) is 28.8. The standard InChI is InChI=1S/C31H34N2O6S/c1-39-30(35)20-19-29(34)33-28(23-25-13-7-3-8-14-25)31(36)32-26(18-17-24-11-5-2-6-12-24)21-22-40(37,38)27-15-9-4-10-16-27/h2-16,21-22,26,28H,17-20,23H2,1H3,(H,32,36)(H,33,34)/t26-,28-/m0/s1. The highest BCUT2D eigenvalue weighted by atomic mass is 32.2. The zero-order valence-electron chi connectivity index (χ0n) is 22.4. The molecule has 3 aromatic rings. The second-order valence-electron chi connectivity index (χ2n) is 9.21. The van der Waals surface area contributed by atoms with Crippen LogP contribution >= 0.6 is 0 Å². The lowest BCUT2D eigenvalue weighted by Crippen LogP contribution is -2.50. The normalized spacial score (nSPS) is 12.8. The van der Waals surface area contributed by atoms with E-state index in [4.69, 9.17) is 0 Å². The molecule has 0 aliphatic heterocycles. The summed E-state index contributed by atoms with van der Waals surface area (Å²) in [6, 6.07) is 25.4. The van der Waals surface area contributed by atoms with Crippen LogP contribution in [-0.2, 0) is 41.8 Å². The monoisotopic (exact) mass is 562 g/mol. The van der Waals surface area contributed by atoms with Gasteiger partial charge in [-0.15, -0.1) is 0 Å². The molecule has 0 aromatic heterocycles. The Morgan fingerprint density at radius 3 is 1.98 bits per heavy atom. The number of carbonyl (C=O) groups is 3. The maximum absolute atomic E-state index is 13.5. The highest BCUT2D eigenvalue weighted by Gasteiger charge is 2.24. The van der Waals surface area contributed by atoms with Crippen molar-refractivity contribution in [3.63, 3.8) is 0 Å². The Hall–Kier alpha value is -4.24. The number of esters is 1. The second kappa shape index (κ2) is 15.4. The number of sulfone groups is 1. The van der Waals surface area contributed by atoms with Crippen LogP contribution < -0.4 is 10.6 Å². The fraction of sp³-hybridized carbons (Fsp3) is 0.258. The molecule has 0 spiro atoms. The molecule has 210 valence electrons. The third-order valence-corrected chi connectivity index (χ3v) is 7.64. The number of hydrogen-bond donors (Lipinski definition) is 2. The second-order valence-corrected chi connectivity index (χ2v) is 11.0. The molecule has 0 bridgehead atoms. The van der Waals surface area contributed by atoms with Crippen LogP contribution in [0.25, 0.3) is 0 Å². The smallest absolute Gasteiger partial charge is 0.306 e. The molecule has 2 amide bonds. The Morgan fingerprint density at radius 2 is 1.38 bits per heavy atom. The maximum Gasteiger partial charge on any atom is 0.306 e. The largest absolute Gasteiger partial charge is 0.469 e. The van der Waals surface area contributed by atoms with Crippen LogP contribution in [-0.4, -0.2) is 45.4 Å². The van der Waals surface area contributed by atoms with E-state index in [0.29, 0.717) is 12.8 Å². The van der Waals surface area contributed by atoms with Crippen LogP contribution in [0, 0.1) is 0 Å². The van der Waals surface area contributed by atoms with Crippen LogP contribution in [0.5, 0.6) is 0 Å². The van der Waals surface area contributed by atoms with Crippen molar-refractivity contribution in [1.29, 1.82) is 0 Å². The summed E-state index contributed by atoms with van der Waals surface area (Å²) in [7, 11) is -2.48. The van der Waals surface area contributed by atoms with Crippen molar-refractivity contribution in [3.05, 3.63) is 114 Å². The summed E-state index contributed by atoms with van der Waals surface area (Å²) >= 11 is 0. The molecule has 8 nitrogen and oxygen atoms in total. The van der Waals surface area contributed by atoms with Gasteiger partial charge in [-0.25, -0.2) is 8.42 Å². The van der Waals surface area contributed by atoms with E-state index < -0.39 is 39.7 Å². The van der Waals surface area contributed by atoms with Crippen LogP contribution in [0.4, 0.5) is 0 Å². The van der Waals surface area contributed by atoms with Gasteiger partial charge < -0.3 is 15.4 Å². The van der Waals surface area contributed by atoms with E-state index >= 15 is 0 Å². The number of ether oxygens (including phenoxy) is 1. The first kappa shape index (κ1) is 30.3. The Morgan fingerprint density at radius 1 is 0.800 bits per heavy atom. The van der Waals surface area contributed by atoms with Gasteiger partial charge in [-0.05, 0) is 36.1 Å². The van der Waals surface area contributed by atoms with Crippen LogP contribution in [0.1, 0.15) is 30.4 Å². The van der Waals surface area contributed by atoms with Crippen LogP contribution in [0.15, 0.2) is 107 Å². The summed E-state index contributed by atoms with van der Waals surface area (Å²) in [4.78, 5) is 37.7. The molecule has 0 saturated carbocycles. The van der Waals surface area contributed by atoms with Crippen molar-refractivity contribution < 1.29 is 27.5 Å². The number of hydrogen-bond acceptors (Lipinski definition) is 6. The van der Waals surface area contributed by atoms with Crippen LogP contribution in [0.3, 0.4) is 0 Å². The Balaban J connectivity index is 1.80. The number of methoxy groups -OCH3 is 1. The van der Waals surface area contributed by atoms with Crippen molar-refractivity contribution >= 4 is 27.6 Å². The van der Waals surface area contributed by atoms with Crippen molar-refractivity contribution in [1.82, 2.24) is 10.6 Å². The van der Waals surface area contributed by atoms with Gasteiger partial charge in [-0.1, -0.05) is 84.9 Å². The van der Waals surface area contributed by atoms with E-state index in [-0.39, 0.29) is 24.2 Å². The number of aryl methyl sites for hydroxylation is 1. The van der Waals surface area contributed by atoms with E-state index in [9.17, 15) is 22.8 Å². The van der Waals surface area contributed by atoms with Gasteiger partial charge in [0, 0.05) is 24.3 Å². The molecule has 0 saturated heterocycles. The lowest BCUT2D eigenvalue weighted by atomic mass is 10.0. The van der Waals surface area contributed by atoms with Gasteiger partial charge in [0.05, 0.1) is 18.4 Å². The van der Waals surface area contributed by atoms with Crippen molar-refractivity contribution in [2.75, 3.05) is 7.11 Å².